The van der Waals surface area contributed by atoms with Crippen LogP contribution in [0.4, 0.5) is 5.69 Å². The van der Waals surface area contributed by atoms with Crippen LogP contribution in [0.2, 0.25) is 0 Å². The number of carboxylic acids is 1. The van der Waals surface area contributed by atoms with Crippen LogP contribution < -0.4 is 4.90 Å². The van der Waals surface area contributed by atoms with Crippen molar-refractivity contribution in [2.24, 2.45) is 0 Å². The first-order valence-electron chi connectivity index (χ1n) is 6.83. The minimum absolute atomic E-state index is 0.124. The summed E-state index contributed by atoms with van der Waals surface area (Å²) in [4.78, 5) is 27.0. The van der Waals surface area contributed by atoms with Crippen molar-refractivity contribution in [2.75, 3.05) is 18.5 Å². The number of likely N-dealkylation sites (N-methyl/N-ethyl adjacent to an activating group) is 1. The first-order valence-corrected chi connectivity index (χ1v) is 6.83. The number of rotatable bonds is 4. The molecule has 0 aliphatic carbocycles. The third kappa shape index (κ3) is 2.76. The van der Waals surface area contributed by atoms with Crippen LogP contribution in [-0.2, 0) is 9.59 Å². The predicted octanol–water partition coefficient (Wildman–Crippen LogP) is 1.59. The van der Waals surface area contributed by atoms with Crippen LogP contribution in [0.1, 0.15) is 19.8 Å². The van der Waals surface area contributed by atoms with E-state index in [9.17, 15) is 9.59 Å². The van der Waals surface area contributed by atoms with Crippen LogP contribution in [0, 0.1) is 0 Å². The molecule has 2 rings (SSSR count). The van der Waals surface area contributed by atoms with E-state index in [1.807, 2.05) is 49.2 Å². The van der Waals surface area contributed by atoms with Crippen molar-refractivity contribution in [3.63, 3.8) is 0 Å². The van der Waals surface area contributed by atoms with Gasteiger partial charge in [0.2, 0.25) is 5.91 Å². The highest BCUT2D eigenvalue weighted by atomic mass is 16.4. The van der Waals surface area contributed by atoms with Gasteiger partial charge in [-0.05, 0) is 31.9 Å². The number of para-hydroxylation sites is 1. The number of carbonyl (C=O) groups is 2. The van der Waals surface area contributed by atoms with Crippen molar-refractivity contribution in [1.82, 2.24) is 4.90 Å². The topological polar surface area (TPSA) is 60.9 Å². The number of nitrogens with zero attached hydrogens (tertiary/aromatic N) is 2. The van der Waals surface area contributed by atoms with E-state index in [0.29, 0.717) is 13.0 Å². The summed E-state index contributed by atoms with van der Waals surface area (Å²) in [5.41, 5.74) is 0.944. The number of likely N-dealkylation sites (tertiary alicyclic amines) is 1. The molecule has 0 aromatic heterocycles. The second-order valence-corrected chi connectivity index (χ2v) is 5.15. The number of anilines is 1. The number of hydrogen-bond donors (Lipinski definition) is 1. The van der Waals surface area contributed by atoms with Crippen molar-refractivity contribution < 1.29 is 14.7 Å². The van der Waals surface area contributed by atoms with Gasteiger partial charge in [-0.25, -0.2) is 4.79 Å². The summed E-state index contributed by atoms with van der Waals surface area (Å²) in [7, 11) is 1.85. The van der Waals surface area contributed by atoms with E-state index in [0.717, 1.165) is 12.1 Å². The Labute approximate surface area is 118 Å². The van der Waals surface area contributed by atoms with Crippen LogP contribution in [0.5, 0.6) is 0 Å². The molecule has 1 aromatic carbocycles. The van der Waals surface area contributed by atoms with Gasteiger partial charge in [-0.1, -0.05) is 18.2 Å². The number of hydrogen-bond acceptors (Lipinski definition) is 3. The van der Waals surface area contributed by atoms with Crippen molar-refractivity contribution in [3.8, 4) is 0 Å². The van der Waals surface area contributed by atoms with Crippen LogP contribution in [-0.4, -0.2) is 47.6 Å². The molecule has 1 amide bonds. The number of carbonyl (C=O) groups excluding carboxylic acids is 1. The van der Waals surface area contributed by atoms with Crippen LogP contribution in [0.25, 0.3) is 0 Å². The van der Waals surface area contributed by atoms with Crippen molar-refractivity contribution in [3.05, 3.63) is 30.3 Å². The Balaban J connectivity index is 2.10. The molecule has 1 fully saturated rings. The molecule has 5 heteroatoms. The molecule has 1 heterocycles. The third-order valence-corrected chi connectivity index (χ3v) is 3.92. The fourth-order valence-corrected chi connectivity index (χ4v) is 2.58. The van der Waals surface area contributed by atoms with Crippen LogP contribution in [0.15, 0.2) is 30.3 Å². The smallest absolute Gasteiger partial charge is 0.326 e. The standard InChI is InChI=1S/C15H20N2O3/c1-11(16(2)12-7-4-3-5-8-12)14(18)17-10-6-9-13(17)15(19)20/h3-5,7-8,11,13H,6,9-10H2,1-2H3,(H,19,20). The molecule has 1 aliphatic heterocycles. The Morgan fingerprint density at radius 3 is 2.60 bits per heavy atom. The van der Waals surface area contributed by atoms with Gasteiger partial charge in [-0.15, -0.1) is 0 Å². The molecule has 2 atom stereocenters. The Bertz CT molecular complexity index is 489. The molecule has 1 N–H and O–H groups in total. The van der Waals surface area contributed by atoms with Gasteiger partial charge in [0.1, 0.15) is 12.1 Å². The Kier molecular flexibility index (Phi) is 4.27. The third-order valence-electron chi connectivity index (χ3n) is 3.92. The average Bonchev–Trinajstić information content (AvgIpc) is 2.95. The molecule has 5 nitrogen and oxygen atoms in total. The zero-order valence-corrected chi connectivity index (χ0v) is 11.8. The maximum Gasteiger partial charge on any atom is 0.326 e. The lowest BCUT2D eigenvalue weighted by Gasteiger charge is -2.31. The molecule has 1 aliphatic rings. The van der Waals surface area contributed by atoms with E-state index in [-0.39, 0.29) is 11.9 Å². The second kappa shape index (κ2) is 5.94. The summed E-state index contributed by atoms with van der Waals surface area (Å²) < 4.78 is 0. The highest BCUT2D eigenvalue weighted by molar-refractivity contribution is 5.89. The number of carboxylic acid groups (broad SMARTS) is 1. The minimum atomic E-state index is -0.912. The molecule has 1 aromatic rings. The van der Waals surface area contributed by atoms with Crippen molar-refractivity contribution >= 4 is 17.6 Å². The lowest BCUT2D eigenvalue weighted by molar-refractivity contribution is -0.148. The summed E-state index contributed by atoms with van der Waals surface area (Å²) in [5.74, 6) is -1.04. The van der Waals surface area contributed by atoms with Gasteiger partial charge in [-0.3, -0.25) is 4.79 Å². The van der Waals surface area contributed by atoms with E-state index in [2.05, 4.69) is 0 Å². The summed E-state index contributed by atoms with van der Waals surface area (Å²) in [6.45, 7) is 2.34. The summed E-state index contributed by atoms with van der Waals surface area (Å²) >= 11 is 0. The van der Waals surface area contributed by atoms with Gasteiger partial charge >= 0.3 is 5.97 Å². The maximum absolute atomic E-state index is 12.5. The quantitative estimate of drug-likeness (QED) is 0.907. The molecular weight excluding hydrogens is 256 g/mol. The van der Waals surface area contributed by atoms with E-state index in [4.69, 9.17) is 5.11 Å². The highest BCUT2D eigenvalue weighted by Gasteiger charge is 2.36. The van der Waals surface area contributed by atoms with Gasteiger partial charge in [-0.2, -0.15) is 0 Å². The molecule has 0 saturated carbocycles. The summed E-state index contributed by atoms with van der Waals surface area (Å²) in [6.07, 6.45) is 1.30. The molecule has 20 heavy (non-hydrogen) atoms. The fourth-order valence-electron chi connectivity index (χ4n) is 2.58. The normalized spacial score (nSPS) is 19.7. The average molecular weight is 276 g/mol. The first-order chi connectivity index (χ1) is 9.52. The first kappa shape index (κ1) is 14.4. The summed E-state index contributed by atoms with van der Waals surface area (Å²) in [6, 6.07) is 8.57. The van der Waals surface area contributed by atoms with Gasteiger partial charge in [0.25, 0.3) is 0 Å². The van der Waals surface area contributed by atoms with E-state index in [1.165, 1.54) is 4.90 Å². The van der Waals surface area contributed by atoms with E-state index >= 15 is 0 Å². The van der Waals surface area contributed by atoms with E-state index in [1.54, 1.807) is 0 Å². The minimum Gasteiger partial charge on any atom is -0.480 e. The Morgan fingerprint density at radius 1 is 1.35 bits per heavy atom. The Hall–Kier alpha value is -2.04. The highest BCUT2D eigenvalue weighted by Crippen LogP contribution is 2.21. The number of amides is 1. The monoisotopic (exact) mass is 276 g/mol. The number of benzene rings is 1. The lowest BCUT2D eigenvalue weighted by Crippen LogP contribution is -2.49. The van der Waals surface area contributed by atoms with E-state index < -0.39 is 12.0 Å². The molecule has 0 radical (unpaired) electrons. The van der Waals surface area contributed by atoms with Gasteiger partial charge in [0, 0.05) is 19.3 Å². The Morgan fingerprint density at radius 2 is 2.00 bits per heavy atom. The molecule has 108 valence electrons. The molecule has 0 bridgehead atoms. The zero-order chi connectivity index (χ0) is 14.7. The SMILES string of the molecule is CC(C(=O)N1CCCC1C(=O)O)N(C)c1ccccc1. The second-order valence-electron chi connectivity index (χ2n) is 5.15. The maximum atomic E-state index is 12.5. The summed E-state index contributed by atoms with van der Waals surface area (Å²) in [5, 5.41) is 9.16. The van der Waals surface area contributed by atoms with Gasteiger partial charge in [0.05, 0.1) is 0 Å². The predicted molar refractivity (Wildman–Crippen MR) is 76.7 cm³/mol. The number of aliphatic carboxylic acids is 1. The van der Waals surface area contributed by atoms with Gasteiger partial charge < -0.3 is 14.9 Å². The lowest BCUT2D eigenvalue weighted by atomic mass is 10.2. The van der Waals surface area contributed by atoms with Crippen LogP contribution in [0.3, 0.4) is 0 Å². The molecule has 1 saturated heterocycles. The fraction of sp³-hybridized carbons (Fsp3) is 0.467. The molecular formula is C15H20N2O3. The molecule has 0 spiro atoms. The molecule has 2 unspecified atom stereocenters. The van der Waals surface area contributed by atoms with Crippen molar-refractivity contribution in [1.29, 1.82) is 0 Å². The van der Waals surface area contributed by atoms with Gasteiger partial charge in [0.15, 0.2) is 0 Å². The largest absolute Gasteiger partial charge is 0.480 e. The van der Waals surface area contributed by atoms with Crippen LogP contribution >= 0.6 is 0 Å². The zero-order valence-electron chi connectivity index (χ0n) is 11.8. The van der Waals surface area contributed by atoms with Crippen molar-refractivity contribution in [2.45, 2.75) is 31.8 Å².